The molecule has 150 valence electrons. The number of hydrogen-bond donors (Lipinski definition) is 2. The molecule has 1 aliphatic heterocycles. The highest BCUT2D eigenvalue weighted by Crippen LogP contribution is 2.39. The molecule has 3 N–H and O–H groups in total. The van der Waals surface area contributed by atoms with Crippen LogP contribution in [0.3, 0.4) is 0 Å². The van der Waals surface area contributed by atoms with Gasteiger partial charge in [-0.05, 0) is 30.9 Å². The average Bonchev–Trinajstić information content (AvgIpc) is 3.00. The largest absolute Gasteiger partial charge is 0.573 e. The van der Waals surface area contributed by atoms with Gasteiger partial charge in [-0.3, -0.25) is 4.99 Å². The van der Waals surface area contributed by atoms with Crippen LogP contribution in [-0.2, 0) is 9.47 Å². The first-order valence-electron chi connectivity index (χ1n) is 8.98. The van der Waals surface area contributed by atoms with Crippen molar-refractivity contribution in [2.45, 2.75) is 50.9 Å². The van der Waals surface area contributed by atoms with Crippen molar-refractivity contribution in [2.24, 2.45) is 16.6 Å². The summed E-state index contributed by atoms with van der Waals surface area (Å²) in [5.41, 5.74) is 5.89. The number of hydrogen-bond acceptors (Lipinski definition) is 4. The fraction of sp³-hybridized carbons (Fsp3) is 0.611. The number of nitrogens with two attached hydrogens (primary N) is 1. The third-order valence-electron chi connectivity index (χ3n) is 4.79. The zero-order valence-corrected chi connectivity index (χ0v) is 15.1. The topological polar surface area (TPSA) is 78.1 Å². The highest BCUT2D eigenvalue weighted by atomic mass is 19.4. The Bertz CT molecular complexity index is 673. The standard InChI is InChI=1S/C18H24F3N3O3/c1-12-6-8-17(9-7-12)25-11-13(26-17)10-23-16(22)24-14-4-2-3-5-15(14)27-18(19,20)21/h2-5,12-13H,6-11H2,1H3,(H3,22,23,24). The zero-order valence-electron chi connectivity index (χ0n) is 15.1. The van der Waals surface area contributed by atoms with Crippen LogP contribution in [0.1, 0.15) is 32.6 Å². The molecule has 1 atom stereocenters. The van der Waals surface area contributed by atoms with E-state index in [9.17, 15) is 13.2 Å². The van der Waals surface area contributed by atoms with Crippen molar-refractivity contribution >= 4 is 11.6 Å². The molecule has 3 rings (SSSR count). The van der Waals surface area contributed by atoms with Crippen molar-refractivity contribution in [3.63, 3.8) is 0 Å². The summed E-state index contributed by atoms with van der Waals surface area (Å²) in [6.07, 6.45) is -1.15. The molecular weight excluding hydrogens is 363 g/mol. The summed E-state index contributed by atoms with van der Waals surface area (Å²) in [4.78, 5) is 4.17. The molecule has 6 nitrogen and oxygen atoms in total. The number of ether oxygens (including phenoxy) is 3. The molecule has 0 amide bonds. The molecule has 0 radical (unpaired) electrons. The van der Waals surface area contributed by atoms with Gasteiger partial charge in [-0.15, -0.1) is 13.2 Å². The molecule has 1 saturated carbocycles. The summed E-state index contributed by atoms with van der Waals surface area (Å²) >= 11 is 0. The van der Waals surface area contributed by atoms with Gasteiger partial charge in [0, 0.05) is 12.8 Å². The number of anilines is 1. The van der Waals surface area contributed by atoms with Gasteiger partial charge in [0.1, 0.15) is 6.10 Å². The Morgan fingerprint density at radius 2 is 2.04 bits per heavy atom. The van der Waals surface area contributed by atoms with E-state index in [1.165, 1.54) is 18.2 Å². The first kappa shape index (κ1) is 19.8. The molecule has 1 unspecified atom stereocenters. The Morgan fingerprint density at radius 3 is 2.74 bits per heavy atom. The quantitative estimate of drug-likeness (QED) is 0.609. The van der Waals surface area contributed by atoms with Crippen molar-refractivity contribution < 1.29 is 27.4 Å². The highest BCUT2D eigenvalue weighted by Gasteiger charge is 2.43. The van der Waals surface area contributed by atoms with E-state index in [0.29, 0.717) is 12.5 Å². The maximum atomic E-state index is 12.5. The summed E-state index contributed by atoms with van der Waals surface area (Å²) in [5, 5.41) is 2.64. The van der Waals surface area contributed by atoms with E-state index in [-0.39, 0.29) is 30.0 Å². The van der Waals surface area contributed by atoms with Crippen molar-refractivity contribution in [3.8, 4) is 5.75 Å². The van der Waals surface area contributed by atoms with Crippen LogP contribution in [-0.4, -0.2) is 37.4 Å². The SMILES string of the molecule is CC1CCC2(CC1)OCC(CN=C(N)Nc1ccccc1OC(F)(F)F)O2. The Labute approximate surface area is 155 Å². The van der Waals surface area contributed by atoms with Gasteiger partial charge in [-0.1, -0.05) is 19.1 Å². The lowest BCUT2D eigenvalue weighted by Gasteiger charge is -2.34. The van der Waals surface area contributed by atoms with Gasteiger partial charge in [0.25, 0.3) is 0 Å². The Morgan fingerprint density at radius 1 is 1.33 bits per heavy atom. The van der Waals surface area contributed by atoms with Gasteiger partial charge in [0.15, 0.2) is 17.5 Å². The smallest absolute Gasteiger partial charge is 0.404 e. The first-order chi connectivity index (χ1) is 12.7. The van der Waals surface area contributed by atoms with Gasteiger partial charge in [-0.2, -0.15) is 0 Å². The Balaban J connectivity index is 1.55. The molecular formula is C18H24F3N3O3. The molecule has 9 heteroatoms. The number of rotatable bonds is 4. The van der Waals surface area contributed by atoms with E-state index < -0.39 is 12.1 Å². The van der Waals surface area contributed by atoms with Gasteiger partial charge in [0.05, 0.1) is 18.8 Å². The molecule has 2 aliphatic rings. The van der Waals surface area contributed by atoms with Crippen LogP contribution < -0.4 is 15.8 Å². The summed E-state index contributed by atoms with van der Waals surface area (Å²) < 4.78 is 53.3. The minimum absolute atomic E-state index is 0.0185. The number of nitrogens with zero attached hydrogens (tertiary/aromatic N) is 1. The fourth-order valence-electron chi connectivity index (χ4n) is 3.33. The predicted molar refractivity (Wildman–Crippen MR) is 94.4 cm³/mol. The molecule has 2 fully saturated rings. The Kier molecular flexibility index (Phi) is 5.81. The minimum Gasteiger partial charge on any atom is -0.404 e. The number of aliphatic imine (C=N–C) groups is 1. The molecule has 0 bridgehead atoms. The zero-order chi connectivity index (χ0) is 19.5. The average molecular weight is 387 g/mol. The molecule has 1 saturated heterocycles. The van der Waals surface area contributed by atoms with Crippen molar-refractivity contribution in [1.29, 1.82) is 0 Å². The molecule has 1 aromatic carbocycles. The van der Waals surface area contributed by atoms with Gasteiger partial charge in [-0.25, -0.2) is 0 Å². The molecule has 1 aromatic rings. The molecule has 1 aliphatic carbocycles. The van der Waals surface area contributed by atoms with Crippen LogP contribution in [0, 0.1) is 5.92 Å². The number of nitrogens with one attached hydrogen (secondary N) is 1. The van der Waals surface area contributed by atoms with Crippen LogP contribution in [0.2, 0.25) is 0 Å². The Hall–Kier alpha value is -2.00. The predicted octanol–water partition coefficient (Wildman–Crippen LogP) is 3.63. The van der Waals surface area contributed by atoms with E-state index >= 15 is 0 Å². The number of alkyl halides is 3. The minimum atomic E-state index is -4.79. The summed E-state index contributed by atoms with van der Waals surface area (Å²) in [6, 6.07) is 5.63. The van der Waals surface area contributed by atoms with Gasteiger partial charge in [0.2, 0.25) is 0 Å². The van der Waals surface area contributed by atoms with Crippen molar-refractivity contribution in [2.75, 3.05) is 18.5 Å². The van der Waals surface area contributed by atoms with Crippen LogP contribution in [0.15, 0.2) is 29.3 Å². The second kappa shape index (κ2) is 7.93. The number of guanidine groups is 1. The maximum absolute atomic E-state index is 12.5. The molecule has 0 aromatic heterocycles. The van der Waals surface area contributed by atoms with E-state index in [4.69, 9.17) is 15.2 Å². The summed E-state index contributed by atoms with van der Waals surface area (Å²) in [5.74, 6) is -0.227. The van der Waals surface area contributed by atoms with Gasteiger partial charge < -0.3 is 25.3 Å². The van der Waals surface area contributed by atoms with Gasteiger partial charge >= 0.3 is 6.36 Å². The number of benzene rings is 1. The van der Waals surface area contributed by atoms with E-state index in [2.05, 4.69) is 22.0 Å². The maximum Gasteiger partial charge on any atom is 0.573 e. The number of para-hydroxylation sites is 2. The third kappa shape index (κ3) is 5.49. The summed E-state index contributed by atoms with van der Waals surface area (Å²) in [7, 11) is 0. The second-order valence-corrected chi connectivity index (χ2v) is 7.04. The van der Waals surface area contributed by atoms with Crippen molar-refractivity contribution in [3.05, 3.63) is 24.3 Å². The van der Waals surface area contributed by atoms with Crippen LogP contribution in [0.25, 0.3) is 0 Å². The lowest BCUT2D eigenvalue weighted by Crippen LogP contribution is -2.35. The monoisotopic (exact) mass is 387 g/mol. The first-order valence-corrected chi connectivity index (χ1v) is 8.98. The second-order valence-electron chi connectivity index (χ2n) is 7.04. The fourth-order valence-corrected chi connectivity index (χ4v) is 3.33. The molecule has 27 heavy (non-hydrogen) atoms. The number of halogens is 3. The summed E-state index contributed by atoms with van der Waals surface area (Å²) in [6.45, 7) is 2.91. The highest BCUT2D eigenvalue weighted by molar-refractivity contribution is 5.93. The molecule has 1 heterocycles. The lowest BCUT2D eigenvalue weighted by molar-refractivity contribution is -0.274. The normalized spacial score (nSPS) is 29.1. The van der Waals surface area contributed by atoms with Crippen LogP contribution in [0.4, 0.5) is 18.9 Å². The third-order valence-corrected chi connectivity index (χ3v) is 4.79. The van der Waals surface area contributed by atoms with E-state index in [1.54, 1.807) is 6.07 Å². The van der Waals surface area contributed by atoms with Crippen LogP contribution >= 0.6 is 0 Å². The van der Waals surface area contributed by atoms with E-state index in [1.807, 2.05) is 0 Å². The van der Waals surface area contributed by atoms with Crippen LogP contribution in [0.5, 0.6) is 5.75 Å². The lowest BCUT2D eigenvalue weighted by atomic mass is 9.86. The molecule has 1 spiro atoms. The van der Waals surface area contributed by atoms with Crippen molar-refractivity contribution in [1.82, 2.24) is 0 Å². The van der Waals surface area contributed by atoms with E-state index in [0.717, 1.165) is 25.7 Å².